The molecule has 0 fully saturated rings. The van der Waals surface area contributed by atoms with E-state index in [9.17, 15) is 71.9 Å². The number of carbonyl (C=O) groups is 4. The maximum absolute atomic E-state index is 13.4. The average molecular weight is 2010 g/mol. The van der Waals surface area contributed by atoms with Crippen molar-refractivity contribution in [2.45, 2.75) is 153 Å². The first-order chi connectivity index (χ1) is 68.5. The smallest absolute Gasteiger partial charge is 0.401 e. The monoisotopic (exact) mass is 2010 g/mol. The summed E-state index contributed by atoms with van der Waals surface area (Å²) in [5, 5.41) is 20.9. The third-order valence-corrected chi connectivity index (χ3v) is 24.4. The number of pyridine rings is 8. The van der Waals surface area contributed by atoms with Crippen LogP contribution < -0.4 is 37.9 Å². The molecule has 145 heavy (non-hydrogen) atoms. The first-order valence-electron chi connectivity index (χ1n) is 44.7. The van der Waals surface area contributed by atoms with Gasteiger partial charge in [0.25, 0.3) is 0 Å². The fraction of sp³-hybridized carbons (Fsp3) is 0.314. The van der Waals surface area contributed by atoms with Crippen molar-refractivity contribution in [1.29, 1.82) is 0 Å². The van der Waals surface area contributed by atoms with Gasteiger partial charge in [-0.3, -0.25) is 68.8 Å². The number of ether oxygens (including phenoxy) is 8. The summed E-state index contributed by atoms with van der Waals surface area (Å²) in [4.78, 5) is 85.9. The van der Waals surface area contributed by atoms with Gasteiger partial charge in [-0.25, -0.2) is 0 Å². The van der Waals surface area contributed by atoms with Gasteiger partial charge >= 0.3 is 24.7 Å². The van der Waals surface area contributed by atoms with E-state index < -0.39 is 46.4 Å². The van der Waals surface area contributed by atoms with Crippen molar-refractivity contribution in [3.05, 3.63) is 263 Å². The Bertz CT molecular complexity index is 6850. The number of fused-ring (bicyclic) bond motifs is 4. The fourth-order valence-corrected chi connectivity index (χ4v) is 14.9. The number of nitrogens with one attached hydrogen (secondary N) is 1. The second kappa shape index (κ2) is 43.6. The fourth-order valence-electron chi connectivity index (χ4n) is 14.9. The summed E-state index contributed by atoms with van der Waals surface area (Å²) >= 11 is 0. The minimum Gasteiger partial charge on any atom is -0.493 e. The van der Waals surface area contributed by atoms with E-state index in [2.05, 4.69) is 65.5 Å². The highest BCUT2D eigenvalue weighted by molar-refractivity contribution is 5.91. The Morgan fingerprint density at radius 1 is 0.310 bits per heavy atom. The molecule has 16 rings (SSSR count). The quantitative estimate of drug-likeness (QED) is 0.0383. The predicted octanol–water partition coefficient (Wildman–Crippen LogP) is 21.5. The lowest BCUT2D eigenvalue weighted by atomic mass is 9.88. The average Bonchev–Trinajstić information content (AvgIpc) is 1.78. The molecule has 0 saturated carbocycles. The van der Waals surface area contributed by atoms with Gasteiger partial charge in [-0.15, -0.1) is 0 Å². The molecule has 12 aromatic heterocycles. The SMILES string of the molecule is COc1cc2cc(-c3ccc(CC(=O)Cc4cc(C(C)(C)C(F)(F)F)n[nH]4)cn3)cnc2cc1OC.COc1cc2cc(-c3ccc(CC(=O)Cc4cc(C(C)(C)C(F)(F)F)nn4C)cn3)cnc2cc1OC.COc1cc2cc(-c3ccc(CC(=O)Cc4cc(C(C)(C)C(F)(F)F)no4)cn3)cnc2cc1OC.COc1cc2cc(-c3ccc(CC(=O)Cc4cc(C(C)(C)C(F)(F)F)on4)cn3)cnc2cc1OC. The molecule has 0 spiro atoms. The number of carbonyl (C=O) groups excluding carboxylic acids is 4. The number of alkyl halides is 12. The number of benzene rings is 4. The van der Waals surface area contributed by atoms with Crippen LogP contribution in [0.5, 0.6) is 46.0 Å². The van der Waals surface area contributed by atoms with Crippen LogP contribution in [0.1, 0.15) is 123 Å². The van der Waals surface area contributed by atoms with Gasteiger partial charge in [0.1, 0.15) is 50.6 Å². The largest absolute Gasteiger partial charge is 0.493 e. The van der Waals surface area contributed by atoms with E-state index in [1.165, 1.54) is 36.0 Å². The number of ketones is 4. The third kappa shape index (κ3) is 24.8. The molecule has 0 aliphatic heterocycles. The Kier molecular flexibility index (Phi) is 32.0. The normalized spacial score (nSPS) is 12.1. The van der Waals surface area contributed by atoms with Gasteiger partial charge in [-0.05, 0) is 163 Å². The molecule has 1 N–H and O–H groups in total. The second-order valence-corrected chi connectivity index (χ2v) is 36.0. The minimum absolute atomic E-state index is 0.0287. The number of rotatable bonds is 32. The van der Waals surface area contributed by atoms with Crippen LogP contribution in [0, 0.1) is 0 Å². The summed E-state index contributed by atoms with van der Waals surface area (Å²) in [6.45, 7) is 8.31. The number of Topliss-reactive ketones (excluding diaryl/α,β-unsaturated/α-hetero) is 4. The molecule has 0 aliphatic rings. The topological polar surface area (TPSA) is 344 Å². The third-order valence-electron chi connectivity index (χ3n) is 24.4. The van der Waals surface area contributed by atoms with E-state index in [1.807, 2.05) is 48.5 Å². The molecule has 0 bridgehead atoms. The van der Waals surface area contributed by atoms with E-state index in [0.717, 1.165) is 121 Å². The molecule has 0 unspecified atom stereocenters. The highest BCUT2D eigenvalue weighted by atomic mass is 19.4. The van der Waals surface area contributed by atoms with Crippen LogP contribution in [0.3, 0.4) is 0 Å². The number of halogens is 12. The zero-order valence-electron chi connectivity index (χ0n) is 81.7. The number of aromatic nitrogens is 14. The summed E-state index contributed by atoms with van der Waals surface area (Å²) < 4.78 is 213. The van der Waals surface area contributed by atoms with Crippen molar-refractivity contribution in [1.82, 2.24) is 70.2 Å². The number of H-pyrrole nitrogens is 1. The van der Waals surface area contributed by atoms with Crippen LogP contribution in [-0.4, -0.2) is 175 Å². The predicted molar refractivity (Wildman–Crippen MR) is 513 cm³/mol. The lowest BCUT2D eigenvalue weighted by Crippen LogP contribution is -2.36. The Hall–Kier alpha value is -15.8. The Labute approximate surface area is 823 Å². The summed E-state index contributed by atoms with van der Waals surface area (Å²) in [7, 11) is 14.1. The highest BCUT2D eigenvalue weighted by Crippen LogP contribution is 2.46. The van der Waals surface area contributed by atoms with Gasteiger partial charge in [-0.1, -0.05) is 34.6 Å². The molecule has 0 amide bonds. The van der Waals surface area contributed by atoms with Crippen molar-refractivity contribution in [3.8, 4) is 91.0 Å². The van der Waals surface area contributed by atoms with Gasteiger partial charge in [0, 0.05) is 187 Å². The second-order valence-electron chi connectivity index (χ2n) is 36.0. The van der Waals surface area contributed by atoms with E-state index in [0.29, 0.717) is 102 Å². The molecule has 28 nitrogen and oxygen atoms in total. The summed E-state index contributed by atoms with van der Waals surface area (Å²) in [6.07, 6.45) is -4.73. The van der Waals surface area contributed by atoms with Gasteiger partial charge < -0.3 is 46.9 Å². The number of aryl methyl sites for hydroxylation is 1. The molecule has 0 radical (unpaired) electrons. The van der Waals surface area contributed by atoms with Crippen molar-refractivity contribution in [2.75, 3.05) is 56.9 Å². The van der Waals surface area contributed by atoms with Gasteiger partial charge in [-0.2, -0.15) is 62.9 Å². The maximum Gasteiger partial charge on any atom is 0.401 e. The summed E-state index contributed by atoms with van der Waals surface area (Å²) in [6, 6.07) is 41.6. The first-order valence-corrected chi connectivity index (χ1v) is 44.7. The number of hydrogen-bond acceptors (Lipinski definition) is 26. The van der Waals surface area contributed by atoms with Crippen molar-refractivity contribution < 1.29 is 119 Å². The van der Waals surface area contributed by atoms with Crippen LogP contribution in [0.4, 0.5) is 52.7 Å². The molecule has 0 aliphatic carbocycles. The summed E-state index contributed by atoms with van der Waals surface area (Å²) in [5.41, 5.74) is 3.40. The van der Waals surface area contributed by atoms with E-state index in [4.69, 9.17) is 46.9 Å². The molecule has 758 valence electrons. The molecule has 4 aromatic carbocycles. The van der Waals surface area contributed by atoms with Gasteiger partial charge in [0.05, 0.1) is 137 Å². The van der Waals surface area contributed by atoms with E-state index in [-0.39, 0.29) is 109 Å². The van der Waals surface area contributed by atoms with Crippen LogP contribution in [-0.2, 0) is 99.3 Å². The lowest BCUT2D eigenvalue weighted by molar-refractivity contribution is -0.185. The molecular formula is C105H100F12N14O14. The van der Waals surface area contributed by atoms with E-state index in [1.54, 1.807) is 179 Å². The molecule has 40 heteroatoms. The standard InChI is InChI=1S/C27H27F3N4O3.C26H25F3N4O3.2C26H24F3N3O4/c1-26(2,27(28,29)30)25-12-19(34(3)33-25)11-20(35)8-16-6-7-21(31-14-16)18-9-17-10-23(36-4)24(37-5)13-22(17)32-15-18;1-25(2,26(27,28)29)24-11-18(32-33-24)10-19(34)7-15-5-6-20(30-13-15)17-8-16-9-22(35-3)23(36-4)12-21(16)31-14-17;1-25(2,26(27,28)29)24-11-18(32-36-24)10-19(33)7-15-5-6-20(30-13-15)17-8-16-9-22(34-3)23(35-4)12-21(16)31-14-17;1-25(2,26(27,28)29)24-11-19(36-32-24)10-18(33)7-15-5-6-20(30-13-15)17-8-16-9-22(34-3)23(35-4)12-21(16)31-14-17/h6-7,9-10,12-15H,8,11H2,1-5H3;5-6,8-9,11-14H,7,10H2,1-4H3,(H,32,33);2*5-6,8-9,11-14H,7,10H2,1-4H3. The zero-order chi connectivity index (χ0) is 105. The highest BCUT2D eigenvalue weighted by Gasteiger charge is 2.54. The van der Waals surface area contributed by atoms with Gasteiger partial charge in [0.15, 0.2) is 51.8 Å². The maximum atomic E-state index is 13.4. The number of hydrogen-bond donors (Lipinski definition) is 1. The number of nitrogens with zero attached hydrogens (tertiary/aromatic N) is 13. The molecule has 12 heterocycles. The van der Waals surface area contributed by atoms with E-state index >= 15 is 0 Å². The van der Waals surface area contributed by atoms with Crippen LogP contribution in [0.2, 0.25) is 0 Å². The molecule has 0 saturated heterocycles. The van der Waals surface area contributed by atoms with Crippen molar-refractivity contribution in [3.63, 3.8) is 0 Å². The Balaban J connectivity index is 0.000000162. The molecular weight excluding hydrogens is 1910 g/mol. The summed E-state index contributed by atoms with van der Waals surface area (Å²) in [5.74, 6) is 3.71. The van der Waals surface area contributed by atoms with Crippen molar-refractivity contribution in [2.24, 2.45) is 7.05 Å². The van der Waals surface area contributed by atoms with Crippen LogP contribution in [0.25, 0.3) is 88.6 Å². The Morgan fingerprint density at radius 3 is 0.945 bits per heavy atom. The van der Waals surface area contributed by atoms with Crippen LogP contribution in [0.15, 0.2) is 204 Å². The molecule has 0 atom stereocenters. The lowest BCUT2D eigenvalue weighted by Gasteiger charge is -2.25. The van der Waals surface area contributed by atoms with Gasteiger partial charge in [0.2, 0.25) is 0 Å². The first kappa shape index (κ1) is 107. The Morgan fingerprint density at radius 2 is 0.621 bits per heavy atom. The number of aromatic amines is 1. The van der Waals surface area contributed by atoms with Crippen molar-refractivity contribution >= 4 is 66.7 Å². The molecule has 16 aromatic rings. The zero-order valence-corrected chi connectivity index (χ0v) is 81.7. The van der Waals surface area contributed by atoms with Crippen LogP contribution >= 0.6 is 0 Å². The minimum atomic E-state index is -4.50. The number of methoxy groups -OCH3 is 8.